The summed E-state index contributed by atoms with van der Waals surface area (Å²) in [4.78, 5) is 10.8. The number of nitro benzene ring substituents is 1. The van der Waals surface area contributed by atoms with E-state index in [9.17, 15) is 10.1 Å². The highest BCUT2D eigenvalue weighted by molar-refractivity contribution is 6.30. The maximum atomic E-state index is 11.3. The Kier molecular flexibility index (Phi) is 3.46. The van der Waals surface area contributed by atoms with Crippen LogP contribution >= 0.6 is 11.6 Å². The Hall–Kier alpha value is -2.59. The van der Waals surface area contributed by atoms with E-state index in [4.69, 9.17) is 11.6 Å². The third-order valence-electron chi connectivity index (χ3n) is 3.22. The van der Waals surface area contributed by atoms with Crippen LogP contribution in [0.15, 0.2) is 66.9 Å². The summed E-state index contributed by atoms with van der Waals surface area (Å²) in [5, 5.41) is 11.6. The fraction of sp³-hybridized carbons (Fsp3) is 0. The minimum Gasteiger partial charge on any atom is -0.316 e. The molecule has 3 aromatic rings. The van der Waals surface area contributed by atoms with E-state index in [0.717, 1.165) is 11.4 Å². The second-order valence-corrected chi connectivity index (χ2v) is 4.95. The summed E-state index contributed by atoms with van der Waals surface area (Å²) in [5.74, 6) is 0. The molecule has 0 amide bonds. The molecule has 2 aromatic carbocycles. The first-order chi connectivity index (χ1) is 10.2. The van der Waals surface area contributed by atoms with E-state index < -0.39 is 4.92 Å². The summed E-state index contributed by atoms with van der Waals surface area (Å²) in [6, 6.07) is 18.1. The van der Waals surface area contributed by atoms with Gasteiger partial charge in [-0.2, -0.15) is 0 Å². The minimum absolute atomic E-state index is 0.00150. The molecule has 0 aliphatic heterocycles. The molecule has 4 nitrogen and oxygen atoms in total. The molecule has 104 valence electrons. The van der Waals surface area contributed by atoms with Crippen molar-refractivity contribution in [3.05, 3.63) is 82.0 Å². The van der Waals surface area contributed by atoms with E-state index in [1.54, 1.807) is 12.1 Å². The summed E-state index contributed by atoms with van der Waals surface area (Å²) < 4.78 is 1.91. The van der Waals surface area contributed by atoms with Gasteiger partial charge >= 0.3 is 0 Å². The minimum atomic E-state index is -0.413. The average Bonchev–Trinajstić information content (AvgIpc) is 2.97. The van der Waals surface area contributed by atoms with Gasteiger partial charge in [0.1, 0.15) is 0 Å². The molecule has 0 radical (unpaired) electrons. The highest BCUT2D eigenvalue weighted by atomic mass is 35.5. The number of nitro groups is 1. The molecule has 0 aliphatic carbocycles. The Morgan fingerprint density at radius 2 is 1.76 bits per heavy atom. The van der Waals surface area contributed by atoms with Crippen molar-refractivity contribution >= 4 is 17.3 Å². The van der Waals surface area contributed by atoms with Gasteiger partial charge in [-0.05, 0) is 36.4 Å². The zero-order chi connectivity index (χ0) is 14.8. The summed E-state index contributed by atoms with van der Waals surface area (Å²) in [6.45, 7) is 0. The molecule has 0 unspecified atom stereocenters. The van der Waals surface area contributed by atoms with E-state index >= 15 is 0 Å². The number of nitrogens with zero attached hydrogens (tertiary/aromatic N) is 2. The molecular formula is C16H11ClN2O2. The molecule has 0 aliphatic rings. The van der Waals surface area contributed by atoms with Crippen molar-refractivity contribution in [3.8, 4) is 16.9 Å². The fourth-order valence-corrected chi connectivity index (χ4v) is 2.45. The largest absolute Gasteiger partial charge is 0.316 e. The van der Waals surface area contributed by atoms with Crippen molar-refractivity contribution in [2.45, 2.75) is 0 Å². The molecule has 1 aromatic heterocycles. The average molecular weight is 299 g/mol. The highest BCUT2D eigenvalue weighted by Crippen LogP contribution is 2.33. The van der Waals surface area contributed by atoms with Crippen LogP contribution in [0.25, 0.3) is 16.9 Å². The van der Waals surface area contributed by atoms with Gasteiger partial charge in [-0.1, -0.05) is 29.8 Å². The summed E-state index contributed by atoms with van der Waals surface area (Å²) in [5.41, 5.74) is 2.24. The molecule has 0 spiro atoms. The van der Waals surface area contributed by atoms with Crippen LogP contribution in [-0.2, 0) is 0 Å². The van der Waals surface area contributed by atoms with Gasteiger partial charge < -0.3 is 4.57 Å². The quantitative estimate of drug-likeness (QED) is 0.519. The molecule has 21 heavy (non-hydrogen) atoms. The maximum Gasteiger partial charge on any atom is 0.280 e. The van der Waals surface area contributed by atoms with Crippen molar-refractivity contribution in [1.82, 2.24) is 4.57 Å². The van der Waals surface area contributed by atoms with Crippen LogP contribution in [0, 0.1) is 10.1 Å². The molecule has 1 heterocycles. The van der Waals surface area contributed by atoms with Crippen LogP contribution in [-0.4, -0.2) is 9.49 Å². The van der Waals surface area contributed by atoms with E-state index in [1.165, 1.54) is 6.07 Å². The summed E-state index contributed by atoms with van der Waals surface area (Å²) in [6.07, 6.45) is 1.88. The van der Waals surface area contributed by atoms with E-state index in [0.29, 0.717) is 10.6 Å². The topological polar surface area (TPSA) is 48.1 Å². The Labute approximate surface area is 126 Å². The van der Waals surface area contributed by atoms with Crippen LogP contribution in [0.2, 0.25) is 5.02 Å². The van der Waals surface area contributed by atoms with Crippen LogP contribution in [0.5, 0.6) is 0 Å². The molecule has 0 atom stereocenters. The Morgan fingerprint density at radius 1 is 1.00 bits per heavy atom. The molecule has 0 saturated heterocycles. The number of halogens is 1. The van der Waals surface area contributed by atoms with Gasteiger partial charge in [0, 0.05) is 23.0 Å². The number of aromatic nitrogens is 1. The lowest BCUT2D eigenvalue weighted by atomic mass is 10.1. The number of hydrogen-bond donors (Lipinski definition) is 0. The lowest BCUT2D eigenvalue weighted by molar-refractivity contribution is -0.384. The van der Waals surface area contributed by atoms with Crippen LogP contribution in [0.1, 0.15) is 0 Å². The smallest absolute Gasteiger partial charge is 0.280 e. The van der Waals surface area contributed by atoms with E-state index in [2.05, 4.69) is 0 Å². The molecule has 3 rings (SSSR count). The van der Waals surface area contributed by atoms with Crippen LogP contribution in [0.3, 0.4) is 0 Å². The first-order valence-corrected chi connectivity index (χ1v) is 6.72. The van der Waals surface area contributed by atoms with Crippen molar-refractivity contribution in [2.75, 3.05) is 0 Å². The molecular weight excluding hydrogens is 288 g/mol. The van der Waals surface area contributed by atoms with Gasteiger partial charge in [-0.25, -0.2) is 0 Å². The van der Waals surface area contributed by atoms with Crippen molar-refractivity contribution < 1.29 is 4.92 Å². The molecule has 0 fully saturated rings. The predicted octanol–water partition coefficient (Wildman–Crippen LogP) is 4.71. The van der Waals surface area contributed by atoms with Gasteiger partial charge in [0.05, 0.1) is 16.2 Å². The van der Waals surface area contributed by atoms with E-state index in [-0.39, 0.29) is 5.69 Å². The summed E-state index contributed by atoms with van der Waals surface area (Å²) in [7, 11) is 0. The van der Waals surface area contributed by atoms with Crippen molar-refractivity contribution in [3.63, 3.8) is 0 Å². The molecule has 0 saturated carbocycles. The highest BCUT2D eigenvalue weighted by Gasteiger charge is 2.18. The van der Waals surface area contributed by atoms with Crippen molar-refractivity contribution in [1.29, 1.82) is 0 Å². The number of benzene rings is 2. The standard InChI is InChI=1S/C16H11ClN2O2/c17-12-8-9-14(16(11-12)19(20)21)15-7-4-10-18(15)13-5-2-1-3-6-13/h1-11H. The van der Waals surface area contributed by atoms with Crippen LogP contribution < -0.4 is 0 Å². The van der Waals surface area contributed by atoms with Gasteiger partial charge in [0.2, 0.25) is 0 Å². The third kappa shape index (κ3) is 2.53. The second kappa shape index (κ2) is 5.42. The van der Waals surface area contributed by atoms with Crippen molar-refractivity contribution in [2.24, 2.45) is 0 Å². The lowest BCUT2D eigenvalue weighted by Gasteiger charge is -2.10. The molecule has 0 bridgehead atoms. The maximum absolute atomic E-state index is 11.3. The van der Waals surface area contributed by atoms with Gasteiger partial charge in [0.15, 0.2) is 0 Å². The Morgan fingerprint density at radius 3 is 2.48 bits per heavy atom. The predicted molar refractivity (Wildman–Crippen MR) is 82.9 cm³/mol. The van der Waals surface area contributed by atoms with Gasteiger partial charge in [0.25, 0.3) is 5.69 Å². The second-order valence-electron chi connectivity index (χ2n) is 4.52. The first kappa shape index (κ1) is 13.4. The van der Waals surface area contributed by atoms with Gasteiger partial charge in [-0.15, -0.1) is 0 Å². The van der Waals surface area contributed by atoms with Crippen LogP contribution in [0.4, 0.5) is 5.69 Å². The molecule has 5 heteroatoms. The number of rotatable bonds is 3. The Bertz CT molecular complexity index is 797. The normalized spacial score (nSPS) is 10.5. The lowest BCUT2D eigenvalue weighted by Crippen LogP contribution is -1.98. The SMILES string of the molecule is O=[N+]([O-])c1cc(Cl)ccc1-c1cccn1-c1ccccc1. The zero-order valence-corrected chi connectivity index (χ0v) is 11.7. The number of para-hydroxylation sites is 1. The first-order valence-electron chi connectivity index (χ1n) is 6.34. The summed E-state index contributed by atoms with van der Waals surface area (Å²) >= 11 is 5.87. The molecule has 0 N–H and O–H groups in total. The number of hydrogen-bond acceptors (Lipinski definition) is 2. The van der Waals surface area contributed by atoms with E-state index in [1.807, 2.05) is 53.2 Å². The monoisotopic (exact) mass is 298 g/mol. The zero-order valence-electron chi connectivity index (χ0n) is 10.9. The third-order valence-corrected chi connectivity index (χ3v) is 3.45. The van der Waals surface area contributed by atoms with Gasteiger partial charge in [-0.3, -0.25) is 10.1 Å². The Balaban J connectivity index is 2.20. The fourth-order valence-electron chi connectivity index (χ4n) is 2.29.